The maximum atomic E-state index is 11.6. The molecule has 1 aliphatic heterocycles. The van der Waals surface area contributed by atoms with Gasteiger partial charge in [-0.1, -0.05) is 60.7 Å². The summed E-state index contributed by atoms with van der Waals surface area (Å²) in [6.07, 6.45) is -0.306. The Labute approximate surface area is 136 Å². The Morgan fingerprint density at radius 1 is 0.913 bits per heavy atom. The van der Waals surface area contributed by atoms with E-state index in [-0.39, 0.29) is 24.6 Å². The van der Waals surface area contributed by atoms with Gasteiger partial charge in [-0.15, -0.1) is 0 Å². The summed E-state index contributed by atoms with van der Waals surface area (Å²) in [7, 11) is 0. The number of ether oxygens (including phenoxy) is 3. The van der Waals surface area contributed by atoms with Gasteiger partial charge in [0.2, 0.25) is 0 Å². The molecule has 4 nitrogen and oxygen atoms in total. The molecule has 0 N–H and O–H groups in total. The Kier molecular flexibility index (Phi) is 5.40. The molecule has 1 unspecified atom stereocenters. The molecule has 0 bridgehead atoms. The van der Waals surface area contributed by atoms with Gasteiger partial charge in [-0.05, 0) is 11.1 Å². The lowest BCUT2D eigenvalue weighted by molar-refractivity contribution is -0.144. The average molecular weight is 312 g/mol. The average Bonchev–Trinajstić information content (AvgIpc) is 2.95. The Balaban J connectivity index is 1.48. The summed E-state index contributed by atoms with van der Waals surface area (Å²) in [5.41, 5.74) is 2.18. The van der Waals surface area contributed by atoms with Crippen LogP contribution in [0.2, 0.25) is 0 Å². The second-order valence-corrected chi connectivity index (χ2v) is 5.57. The molecule has 0 spiro atoms. The van der Waals surface area contributed by atoms with Gasteiger partial charge in [0.1, 0.15) is 6.10 Å². The second kappa shape index (κ2) is 7.90. The number of rotatable bonds is 7. The number of benzene rings is 2. The van der Waals surface area contributed by atoms with Crippen LogP contribution in [0.1, 0.15) is 17.5 Å². The summed E-state index contributed by atoms with van der Waals surface area (Å²) in [4.78, 5) is 11.6. The smallest absolute Gasteiger partial charge is 0.309 e. The summed E-state index contributed by atoms with van der Waals surface area (Å²) < 4.78 is 16.8. The number of cyclic esters (lactones) is 1. The largest absolute Gasteiger partial charge is 0.457 e. The fourth-order valence-corrected chi connectivity index (χ4v) is 2.54. The molecule has 120 valence electrons. The van der Waals surface area contributed by atoms with Gasteiger partial charge >= 0.3 is 5.97 Å². The van der Waals surface area contributed by atoms with E-state index in [1.54, 1.807) is 0 Å². The summed E-state index contributed by atoms with van der Waals surface area (Å²) in [5, 5.41) is 0. The molecule has 23 heavy (non-hydrogen) atoms. The number of hydrogen-bond donors (Lipinski definition) is 0. The molecule has 1 fully saturated rings. The predicted octanol–water partition coefficient (Wildman–Crippen LogP) is 3.10. The highest BCUT2D eigenvalue weighted by Gasteiger charge is 2.35. The van der Waals surface area contributed by atoms with Crippen LogP contribution in [0.25, 0.3) is 0 Å². The van der Waals surface area contributed by atoms with Crippen LogP contribution >= 0.6 is 0 Å². The molecule has 2 aromatic rings. The number of carbonyl (C=O) groups excluding carboxylic acids is 1. The molecule has 0 aliphatic carbocycles. The minimum atomic E-state index is -0.338. The zero-order valence-electron chi connectivity index (χ0n) is 12.9. The number of hydrogen-bond acceptors (Lipinski definition) is 4. The molecule has 0 amide bonds. The molecule has 0 aromatic heterocycles. The lowest BCUT2D eigenvalue weighted by atomic mass is 10.2. The molecule has 1 heterocycles. The van der Waals surface area contributed by atoms with Gasteiger partial charge in [0.25, 0.3) is 0 Å². The van der Waals surface area contributed by atoms with E-state index < -0.39 is 0 Å². The predicted molar refractivity (Wildman–Crippen MR) is 85.6 cm³/mol. The fourth-order valence-electron chi connectivity index (χ4n) is 2.54. The van der Waals surface area contributed by atoms with Crippen LogP contribution in [0.5, 0.6) is 0 Å². The first kappa shape index (κ1) is 15.7. The molecule has 2 atom stereocenters. The monoisotopic (exact) mass is 312 g/mol. The topological polar surface area (TPSA) is 44.8 Å². The van der Waals surface area contributed by atoms with Crippen LogP contribution in [0, 0.1) is 0 Å². The van der Waals surface area contributed by atoms with Crippen LogP contribution in [-0.2, 0) is 32.2 Å². The Hall–Kier alpha value is -2.17. The Bertz CT molecular complexity index is 612. The highest BCUT2D eigenvalue weighted by atomic mass is 16.6. The second-order valence-electron chi connectivity index (χ2n) is 5.57. The van der Waals surface area contributed by atoms with Crippen LogP contribution < -0.4 is 0 Å². The van der Waals surface area contributed by atoms with Crippen molar-refractivity contribution in [3.8, 4) is 0 Å². The Morgan fingerprint density at radius 3 is 2.17 bits per heavy atom. The van der Waals surface area contributed by atoms with Crippen molar-refractivity contribution in [1.82, 2.24) is 0 Å². The van der Waals surface area contributed by atoms with Crippen molar-refractivity contribution >= 4 is 5.97 Å². The van der Waals surface area contributed by atoms with Gasteiger partial charge in [0.15, 0.2) is 6.10 Å². The third-order valence-corrected chi connectivity index (χ3v) is 3.77. The molecular weight excluding hydrogens is 292 g/mol. The lowest BCUT2D eigenvalue weighted by Crippen LogP contribution is -2.29. The van der Waals surface area contributed by atoms with Crippen molar-refractivity contribution in [2.45, 2.75) is 31.8 Å². The first-order chi connectivity index (χ1) is 11.3. The van der Waals surface area contributed by atoms with E-state index in [1.165, 1.54) is 0 Å². The normalized spacial score (nSPS) is 20.4. The molecular formula is C19H20O4. The maximum absolute atomic E-state index is 11.6. The van der Waals surface area contributed by atoms with Crippen LogP contribution in [0.3, 0.4) is 0 Å². The van der Waals surface area contributed by atoms with Crippen molar-refractivity contribution in [3.05, 3.63) is 71.8 Å². The molecule has 4 heteroatoms. The molecule has 1 aliphatic rings. The zero-order chi connectivity index (χ0) is 15.9. The highest BCUT2D eigenvalue weighted by Crippen LogP contribution is 2.20. The van der Waals surface area contributed by atoms with E-state index in [0.29, 0.717) is 19.8 Å². The minimum absolute atomic E-state index is 0.226. The SMILES string of the molecule is O=C1C[C@H](OCc2ccccc2)C(COCc2ccccc2)O1. The number of carbonyl (C=O) groups is 1. The van der Waals surface area contributed by atoms with Crippen LogP contribution in [-0.4, -0.2) is 24.8 Å². The summed E-state index contributed by atoms with van der Waals surface area (Å²) in [6.45, 7) is 1.32. The first-order valence-electron chi connectivity index (χ1n) is 7.78. The van der Waals surface area contributed by atoms with E-state index >= 15 is 0 Å². The molecule has 3 rings (SSSR count). The summed E-state index contributed by atoms with van der Waals surface area (Å²) in [6, 6.07) is 19.8. The standard InChI is InChI=1S/C19H20O4/c20-19-11-17(22-13-16-9-5-2-6-10-16)18(23-19)14-21-12-15-7-3-1-4-8-15/h1-10,17-18H,11-14H2/t17-,18?/m0/s1. The summed E-state index contributed by atoms with van der Waals surface area (Å²) >= 11 is 0. The molecule has 1 saturated heterocycles. The zero-order valence-corrected chi connectivity index (χ0v) is 12.9. The third-order valence-electron chi connectivity index (χ3n) is 3.77. The van der Waals surface area contributed by atoms with Crippen molar-refractivity contribution < 1.29 is 19.0 Å². The maximum Gasteiger partial charge on any atom is 0.309 e. The molecule has 0 saturated carbocycles. The van der Waals surface area contributed by atoms with Crippen LogP contribution in [0.15, 0.2) is 60.7 Å². The van der Waals surface area contributed by atoms with Gasteiger partial charge in [0, 0.05) is 0 Å². The van der Waals surface area contributed by atoms with E-state index in [9.17, 15) is 4.79 Å². The molecule has 0 radical (unpaired) electrons. The number of esters is 1. The minimum Gasteiger partial charge on any atom is -0.457 e. The van der Waals surface area contributed by atoms with Gasteiger partial charge in [-0.25, -0.2) is 0 Å². The van der Waals surface area contributed by atoms with Crippen molar-refractivity contribution in [1.29, 1.82) is 0 Å². The van der Waals surface area contributed by atoms with Crippen molar-refractivity contribution in [3.63, 3.8) is 0 Å². The van der Waals surface area contributed by atoms with Crippen molar-refractivity contribution in [2.75, 3.05) is 6.61 Å². The van der Waals surface area contributed by atoms with E-state index in [4.69, 9.17) is 14.2 Å². The highest BCUT2D eigenvalue weighted by molar-refractivity contribution is 5.72. The quantitative estimate of drug-likeness (QED) is 0.737. The van der Waals surface area contributed by atoms with E-state index in [2.05, 4.69) is 0 Å². The van der Waals surface area contributed by atoms with E-state index in [0.717, 1.165) is 11.1 Å². The summed E-state index contributed by atoms with van der Waals surface area (Å²) in [5.74, 6) is -0.226. The first-order valence-corrected chi connectivity index (χ1v) is 7.78. The lowest BCUT2D eigenvalue weighted by Gasteiger charge is -2.18. The van der Waals surface area contributed by atoms with Crippen molar-refractivity contribution in [2.24, 2.45) is 0 Å². The van der Waals surface area contributed by atoms with Gasteiger partial charge in [-0.2, -0.15) is 0 Å². The third kappa shape index (κ3) is 4.65. The van der Waals surface area contributed by atoms with E-state index in [1.807, 2.05) is 60.7 Å². The fraction of sp³-hybridized carbons (Fsp3) is 0.316. The van der Waals surface area contributed by atoms with Gasteiger partial charge < -0.3 is 14.2 Å². The van der Waals surface area contributed by atoms with Gasteiger partial charge in [-0.3, -0.25) is 4.79 Å². The van der Waals surface area contributed by atoms with Gasteiger partial charge in [0.05, 0.1) is 26.2 Å². The molecule has 2 aromatic carbocycles. The Morgan fingerprint density at radius 2 is 1.52 bits per heavy atom. The van der Waals surface area contributed by atoms with Crippen LogP contribution in [0.4, 0.5) is 0 Å².